The first-order chi connectivity index (χ1) is 23.0. The maximum atomic E-state index is 12.7. The van der Waals surface area contributed by atoms with E-state index in [0.29, 0.717) is 17.8 Å². The van der Waals surface area contributed by atoms with Gasteiger partial charge in [-0.15, -0.1) is 0 Å². The van der Waals surface area contributed by atoms with Crippen LogP contribution in [0.2, 0.25) is 0 Å². The highest BCUT2D eigenvalue weighted by atomic mass is 16.7. The number of aromatic hydroxyl groups is 1. The summed E-state index contributed by atoms with van der Waals surface area (Å²) in [5.74, 6) is 0.402. The molecule has 5 unspecified atom stereocenters. The first-order valence-electron chi connectivity index (χ1n) is 17.7. The average Bonchev–Trinajstić information content (AvgIpc) is 3.02. The summed E-state index contributed by atoms with van der Waals surface area (Å²) in [6.45, 7) is 18.6. The SMILES string of the molecule is CCC(C)/C=C(C)/C=C/C=C(\C)CC(C)CC(C)CC(/C=C(C)/C=C/C(O)C(C)(C)c1cc(O)c(O[C@@H]2OCC[C@H](O)[C@H]2O)c(=O)o1)CO. The number of rotatable bonds is 18. The number of allylic oxidation sites excluding steroid dienone is 8. The molecule has 0 aromatic carbocycles. The van der Waals surface area contributed by atoms with Gasteiger partial charge in [-0.25, -0.2) is 4.79 Å². The van der Waals surface area contributed by atoms with E-state index in [9.17, 15) is 30.3 Å². The second-order valence-electron chi connectivity index (χ2n) is 14.7. The summed E-state index contributed by atoms with van der Waals surface area (Å²) >= 11 is 0. The minimum atomic E-state index is -1.40. The van der Waals surface area contributed by atoms with Crippen molar-refractivity contribution in [3.63, 3.8) is 0 Å². The average molecular weight is 687 g/mol. The maximum Gasteiger partial charge on any atom is 0.382 e. The molecule has 1 aromatic heterocycles. The van der Waals surface area contributed by atoms with E-state index in [0.717, 1.165) is 31.3 Å². The van der Waals surface area contributed by atoms with Gasteiger partial charge in [0.1, 0.15) is 11.9 Å². The van der Waals surface area contributed by atoms with Gasteiger partial charge in [0.15, 0.2) is 5.75 Å². The van der Waals surface area contributed by atoms with Gasteiger partial charge in [0, 0.05) is 18.6 Å². The van der Waals surface area contributed by atoms with Crippen molar-refractivity contribution in [2.45, 2.75) is 124 Å². The van der Waals surface area contributed by atoms with Crippen LogP contribution in [0, 0.1) is 23.7 Å². The van der Waals surface area contributed by atoms with Crippen LogP contribution in [0.25, 0.3) is 0 Å². The van der Waals surface area contributed by atoms with Gasteiger partial charge in [-0.05, 0) is 78.1 Å². The fraction of sp³-hybridized carbons (Fsp3) is 0.625. The Balaban J connectivity index is 1.99. The van der Waals surface area contributed by atoms with Crippen LogP contribution in [-0.2, 0) is 10.2 Å². The van der Waals surface area contributed by atoms with E-state index >= 15 is 0 Å². The molecule has 9 heteroatoms. The third kappa shape index (κ3) is 13.7. The molecule has 0 aliphatic carbocycles. The molecule has 0 radical (unpaired) electrons. The smallest absolute Gasteiger partial charge is 0.382 e. The van der Waals surface area contributed by atoms with E-state index in [-0.39, 0.29) is 31.3 Å². The zero-order chi connectivity index (χ0) is 36.9. The number of ether oxygens (including phenoxy) is 2. The van der Waals surface area contributed by atoms with Crippen LogP contribution in [-0.4, -0.2) is 63.3 Å². The van der Waals surface area contributed by atoms with Gasteiger partial charge in [0.05, 0.1) is 24.2 Å². The fourth-order valence-corrected chi connectivity index (χ4v) is 6.11. The highest BCUT2D eigenvalue weighted by Gasteiger charge is 2.36. The van der Waals surface area contributed by atoms with Gasteiger partial charge in [0.25, 0.3) is 0 Å². The minimum absolute atomic E-state index is 0.0198. The Labute approximate surface area is 293 Å². The quantitative estimate of drug-likeness (QED) is 0.104. The van der Waals surface area contributed by atoms with Crippen molar-refractivity contribution in [1.82, 2.24) is 0 Å². The number of hydrogen-bond acceptors (Lipinski definition) is 9. The van der Waals surface area contributed by atoms with E-state index in [1.54, 1.807) is 26.0 Å². The molecule has 0 amide bonds. The summed E-state index contributed by atoms with van der Waals surface area (Å²) in [6, 6.07) is 1.19. The molecule has 1 saturated heterocycles. The Hall–Kier alpha value is -2.95. The first kappa shape index (κ1) is 42.2. The summed E-state index contributed by atoms with van der Waals surface area (Å²) in [7, 11) is 0. The highest BCUT2D eigenvalue weighted by molar-refractivity contribution is 5.38. The second kappa shape index (κ2) is 20.0. The van der Waals surface area contributed by atoms with Gasteiger partial charge >= 0.3 is 5.63 Å². The number of hydrogen-bond donors (Lipinski definition) is 5. The summed E-state index contributed by atoms with van der Waals surface area (Å²) in [4.78, 5) is 12.7. The van der Waals surface area contributed by atoms with Crippen LogP contribution < -0.4 is 10.4 Å². The van der Waals surface area contributed by atoms with Gasteiger partial charge in [0.2, 0.25) is 12.0 Å². The fourth-order valence-electron chi connectivity index (χ4n) is 6.11. The molecule has 1 aliphatic heterocycles. The summed E-state index contributed by atoms with van der Waals surface area (Å²) < 4.78 is 16.1. The van der Waals surface area contributed by atoms with Crippen molar-refractivity contribution >= 4 is 0 Å². The Kier molecular flexibility index (Phi) is 17.3. The molecule has 1 aliphatic rings. The summed E-state index contributed by atoms with van der Waals surface area (Å²) in [5.41, 5.74) is 1.38. The molecular formula is C40H62O9. The predicted molar refractivity (Wildman–Crippen MR) is 194 cm³/mol. The van der Waals surface area contributed by atoms with Gasteiger partial charge in [-0.1, -0.05) is 93.4 Å². The summed E-state index contributed by atoms with van der Waals surface area (Å²) in [6.07, 6.45) is 13.5. The van der Waals surface area contributed by atoms with Crippen molar-refractivity contribution in [2.24, 2.45) is 23.7 Å². The van der Waals surface area contributed by atoms with Gasteiger partial charge < -0.3 is 39.4 Å². The molecule has 0 spiro atoms. The Bertz CT molecular complexity index is 1380. The van der Waals surface area contributed by atoms with Crippen LogP contribution in [0.3, 0.4) is 0 Å². The topological polar surface area (TPSA) is 150 Å². The third-order valence-corrected chi connectivity index (χ3v) is 9.25. The molecule has 2 rings (SSSR count). The molecule has 8 atom stereocenters. The van der Waals surface area contributed by atoms with Crippen LogP contribution in [0.4, 0.5) is 0 Å². The van der Waals surface area contributed by atoms with E-state index in [4.69, 9.17) is 13.9 Å². The minimum Gasteiger partial charge on any atom is -0.504 e. The monoisotopic (exact) mass is 686 g/mol. The molecule has 9 nitrogen and oxygen atoms in total. The molecule has 1 aromatic rings. The van der Waals surface area contributed by atoms with Crippen molar-refractivity contribution < 1.29 is 39.4 Å². The van der Waals surface area contributed by atoms with Gasteiger partial charge in [-0.3, -0.25) is 0 Å². The number of aliphatic hydroxyl groups excluding tert-OH is 4. The number of aliphatic hydroxyl groups is 4. The lowest BCUT2D eigenvalue weighted by Crippen LogP contribution is -2.47. The van der Waals surface area contributed by atoms with Crippen molar-refractivity contribution in [1.29, 1.82) is 0 Å². The molecule has 0 saturated carbocycles. The lowest BCUT2D eigenvalue weighted by molar-refractivity contribution is -0.208. The van der Waals surface area contributed by atoms with E-state index in [1.165, 1.54) is 17.2 Å². The van der Waals surface area contributed by atoms with E-state index in [2.05, 4.69) is 65.8 Å². The van der Waals surface area contributed by atoms with Crippen molar-refractivity contribution in [3.8, 4) is 11.5 Å². The molecule has 5 N–H and O–H groups in total. The van der Waals surface area contributed by atoms with Crippen LogP contribution >= 0.6 is 0 Å². The lowest BCUT2D eigenvalue weighted by Gasteiger charge is -2.32. The largest absolute Gasteiger partial charge is 0.504 e. The predicted octanol–water partition coefficient (Wildman–Crippen LogP) is 6.88. The Morgan fingerprint density at radius 1 is 1.06 bits per heavy atom. The van der Waals surface area contributed by atoms with Gasteiger partial charge in [-0.2, -0.15) is 0 Å². The molecule has 0 bridgehead atoms. The molecule has 1 fully saturated rings. The second-order valence-corrected chi connectivity index (χ2v) is 14.7. The summed E-state index contributed by atoms with van der Waals surface area (Å²) in [5, 5.41) is 51.7. The van der Waals surface area contributed by atoms with Crippen LogP contribution in [0.5, 0.6) is 11.5 Å². The Morgan fingerprint density at radius 2 is 1.73 bits per heavy atom. The normalized spacial score (nSPS) is 23.1. The maximum absolute atomic E-state index is 12.7. The molecule has 2 heterocycles. The highest BCUT2D eigenvalue weighted by Crippen LogP contribution is 2.34. The van der Waals surface area contributed by atoms with Crippen LogP contribution in [0.1, 0.15) is 100 Å². The van der Waals surface area contributed by atoms with Crippen molar-refractivity contribution in [3.05, 3.63) is 81.5 Å². The van der Waals surface area contributed by atoms with Crippen molar-refractivity contribution in [2.75, 3.05) is 13.2 Å². The molecular weight excluding hydrogens is 624 g/mol. The molecule has 49 heavy (non-hydrogen) atoms. The Morgan fingerprint density at radius 3 is 2.37 bits per heavy atom. The zero-order valence-corrected chi connectivity index (χ0v) is 31.1. The first-order valence-corrected chi connectivity index (χ1v) is 17.7. The lowest BCUT2D eigenvalue weighted by atomic mass is 9.83. The van der Waals surface area contributed by atoms with E-state index in [1.807, 2.05) is 13.0 Å². The molecule has 276 valence electrons. The zero-order valence-electron chi connectivity index (χ0n) is 31.1. The van der Waals surface area contributed by atoms with Crippen LogP contribution in [0.15, 0.2) is 74.5 Å². The van der Waals surface area contributed by atoms with E-state index < -0.39 is 47.1 Å². The third-order valence-electron chi connectivity index (χ3n) is 9.25. The standard InChI is InChI=1S/C40H62O9/c1-10-25(2)18-26(3)12-11-13-27(4)19-29(6)20-30(7)22-31(24-41)21-28(5)14-15-34(44)40(8,9)35-23-33(43)37(38(46)48-35)49-39-36(45)32(42)16-17-47-39/h11-15,18,21,23,25,29-32,34,36,39,41-45H,10,16-17,19-20,22,24H2,1-9H3/b12-11+,15-14+,26-18+,27-13+,28-21+/t25?,29?,30?,31?,32-,34?,36+,39-/m0/s1.